The summed E-state index contributed by atoms with van der Waals surface area (Å²) in [4.78, 5) is 9.08. The molecule has 1 aromatic carbocycles. The molecule has 0 aliphatic carbocycles. The fraction of sp³-hybridized carbons (Fsp3) is 0.353. The lowest BCUT2D eigenvalue weighted by atomic mass is 10.2. The molecule has 0 saturated carbocycles. The van der Waals surface area contributed by atoms with Crippen molar-refractivity contribution in [3.8, 4) is 0 Å². The maximum Gasteiger partial charge on any atom is 0.123 e. The van der Waals surface area contributed by atoms with Crippen LogP contribution < -0.4 is 0 Å². The second-order valence-electron chi connectivity index (χ2n) is 5.69. The van der Waals surface area contributed by atoms with Gasteiger partial charge in [0.1, 0.15) is 5.82 Å². The van der Waals surface area contributed by atoms with E-state index in [0.29, 0.717) is 0 Å². The van der Waals surface area contributed by atoms with Crippen LogP contribution in [0.25, 0.3) is 0 Å². The highest BCUT2D eigenvalue weighted by molar-refractivity contribution is 9.10. The van der Waals surface area contributed by atoms with E-state index >= 15 is 0 Å². The molecule has 2 aromatic rings. The van der Waals surface area contributed by atoms with Gasteiger partial charge in [0.2, 0.25) is 0 Å². The highest BCUT2D eigenvalue weighted by atomic mass is 79.9. The SMILES string of the molecule is Fc1ccc(CN2CCN(Cc3cncc(Br)c3)CC2)cc1. The van der Waals surface area contributed by atoms with E-state index in [0.717, 1.165) is 43.7 Å². The number of nitrogens with zero attached hydrogens (tertiary/aromatic N) is 3. The van der Waals surface area contributed by atoms with Gasteiger partial charge in [0.05, 0.1) is 0 Å². The van der Waals surface area contributed by atoms with Gasteiger partial charge in [-0.3, -0.25) is 14.8 Å². The standard InChI is InChI=1S/C17H19BrFN3/c18-16-9-15(10-20-11-16)13-22-7-5-21(6-8-22)12-14-1-3-17(19)4-2-14/h1-4,9-11H,5-8,12-13H2. The molecule has 3 rings (SSSR count). The molecular formula is C17H19BrFN3. The first kappa shape index (κ1) is 15.6. The molecule has 2 heterocycles. The van der Waals surface area contributed by atoms with Crippen LogP contribution in [0.1, 0.15) is 11.1 Å². The second-order valence-corrected chi connectivity index (χ2v) is 6.61. The fourth-order valence-electron chi connectivity index (χ4n) is 2.75. The molecule has 1 aliphatic heterocycles. The lowest BCUT2D eigenvalue weighted by molar-refractivity contribution is 0.122. The number of hydrogen-bond donors (Lipinski definition) is 0. The van der Waals surface area contributed by atoms with Crippen molar-refractivity contribution < 1.29 is 4.39 Å². The lowest BCUT2D eigenvalue weighted by Crippen LogP contribution is -2.45. The van der Waals surface area contributed by atoms with E-state index in [1.54, 1.807) is 0 Å². The van der Waals surface area contributed by atoms with E-state index in [4.69, 9.17) is 0 Å². The van der Waals surface area contributed by atoms with E-state index in [9.17, 15) is 4.39 Å². The Morgan fingerprint density at radius 1 is 0.909 bits per heavy atom. The van der Waals surface area contributed by atoms with Crippen molar-refractivity contribution in [2.45, 2.75) is 13.1 Å². The molecule has 116 valence electrons. The first-order valence-electron chi connectivity index (χ1n) is 7.47. The molecule has 1 aliphatic rings. The lowest BCUT2D eigenvalue weighted by Gasteiger charge is -2.34. The fourth-order valence-corrected chi connectivity index (χ4v) is 3.17. The quantitative estimate of drug-likeness (QED) is 0.830. The summed E-state index contributed by atoms with van der Waals surface area (Å²) >= 11 is 3.46. The number of aromatic nitrogens is 1. The molecule has 3 nitrogen and oxygen atoms in total. The molecular weight excluding hydrogens is 345 g/mol. The summed E-state index contributed by atoms with van der Waals surface area (Å²) in [6.45, 7) is 6.02. The van der Waals surface area contributed by atoms with Crippen LogP contribution in [0.3, 0.4) is 0 Å². The van der Waals surface area contributed by atoms with E-state index in [1.165, 1.54) is 23.3 Å². The van der Waals surface area contributed by atoms with Gasteiger partial charge in [0.15, 0.2) is 0 Å². The molecule has 5 heteroatoms. The highest BCUT2D eigenvalue weighted by Crippen LogP contribution is 2.14. The molecule has 0 bridgehead atoms. The Labute approximate surface area is 138 Å². The Balaban J connectivity index is 1.49. The normalized spacial score (nSPS) is 16.8. The molecule has 22 heavy (non-hydrogen) atoms. The summed E-state index contributed by atoms with van der Waals surface area (Å²) in [7, 11) is 0. The minimum Gasteiger partial charge on any atom is -0.297 e. The predicted molar refractivity (Wildman–Crippen MR) is 88.9 cm³/mol. The summed E-state index contributed by atoms with van der Waals surface area (Å²) < 4.78 is 14.0. The summed E-state index contributed by atoms with van der Waals surface area (Å²) in [5.41, 5.74) is 2.41. The predicted octanol–water partition coefficient (Wildman–Crippen LogP) is 3.30. The van der Waals surface area contributed by atoms with Gasteiger partial charge in [-0.2, -0.15) is 0 Å². The molecule has 0 amide bonds. The van der Waals surface area contributed by atoms with Crippen LogP contribution in [-0.4, -0.2) is 41.0 Å². The van der Waals surface area contributed by atoms with Crippen molar-refractivity contribution >= 4 is 15.9 Å². The molecule has 0 radical (unpaired) electrons. The van der Waals surface area contributed by atoms with Crippen LogP contribution in [0.4, 0.5) is 4.39 Å². The number of halogens is 2. The van der Waals surface area contributed by atoms with E-state index in [2.05, 4.69) is 36.8 Å². The largest absolute Gasteiger partial charge is 0.297 e. The first-order valence-corrected chi connectivity index (χ1v) is 8.27. The first-order chi connectivity index (χ1) is 10.7. The summed E-state index contributed by atoms with van der Waals surface area (Å²) in [6, 6.07) is 8.93. The second kappa shape index (κ2) is 7.31. The van der Waals surface area contributed by atoms with Crippen molar-refractivity contribution in [3.05, 3.63) is 64.1 Å². The Morgan fingerprint density at radius 2 is 1.50 bits per heavy atom. The molecule has 0 N–H and O–H groups in total. The third-order valence-corrected chi connectivity index (χ3v) is 4.39. The maximum absolute atomic E-state index is 12.9. The summed E-state index contributed by atoms with van der Waals surface area (Å²) in [6.07, 6.45) is 3.74. The minimum absolute atomic E-state index is 0.170. The van der Waals surface area contributed by atoms with Crippen LogP contribution in [-0.2, 0) is 13.1 Å². The minimum atomic E-state index is -0.170. The number of benzene rings is 1. The van der Waals surface area contributed by atoms with Gasteiger partial charge in [0, 0.05) is 56.1 Å². The van der Waals surface area contributed by atoms with Crippen molar-refractivity contribution in [1.29, 1.82) is 0 Å². The van der Waals surface area contributed by atoms with Gasteiger partial charge < -0.3 is 0 Å². The zero-order chi connectivity index (χ0) is 15.4. The average molecular weight is 364 g/mol. The monoisotopic (exact) mass is 363 g/mol. The van der Waals surface area contributed by atoms with Crippen molar-refractivity contribution in [2.75, 3.05) is 26.2 Å². The molecule has 1 fully saturated rings. The van der Waals surface area contributed by atoms with Gasteiger partial charge in [-0.1, -0.05) is 12.1 Å². The van der Waals surface area contributed by atoms with E-state index < -0.39 is 0 Å². The van der Waals surface area contributed by atoms with Gasteiger partial charge >= 0.3 is 0 Å². The molecule has 1 saturated heterocycles. The zero-order valence-corrected chi connectivity index (χ0v) is 14.0. The van der Waals surface area contributed by atoms with Gasteiger partial charge in [-0.05, 0) is 45.3 Å². The number of pyridine rings is 1. The third-order valence-electron chi connectivity index (χ3n) is 3.95. The number of hydrogen-bond acceptors (Lipinski definition) is 3. The van der Waals surface area contributed by atoms with Crippen molar-refractivity contribution in [1.82, 2.24) is 14.8 Å². The third kappa shape index (κ3) is 4.35. The van der Waals surface area contributed by atoms with E-state index in [-0.39, 0.29) is 5.82 Å². The Morgan fingerprint density at radius 3 is 2.09 bits per heavy atom. The van der Waals surface area contributed by atoms with Crippen LogP contribution >= 0.6 is 15.9 Å². The van der Waals surface area contributed by atoms with Gasteiger partial charge in [0.25, 0.3) is 0 Å². The van der Waals surface area contributed by atoms with Crippen LogP contribution in [0.2, 0.25) is 0 Å². The van der Waals surface area contributed by atoms with Crippen LogP contribution in [0, 0.1) is 5.82 Å². The summed E-state index contributed by atoms with van der Waals surface area (Å²) in [5, 5.41) is 0. The van der Waals surface area contributed by atoms with Gasteiger partial charge in [-0.25, -0.2) is 4.39 Å². The average Bonchev–Trinajstić information content (AvgIpc) is 2.52. The Kier molecular flexibility index (Phi) is 5.18. The zero-order valence-electron chi connectivity index (χ0n) is 12.4. The van der Waals surface area contributed by atoms with Crippen LogP contribution in [0.15, 0.2) is 47.2 Å². The van der Waals surface area contributed by atoms with Crippen LogP contribution in [0.5, 0.6) is 0 Å². The molecule has 1 aromatic heterocycles. The molecule has 0 spiro atoms. The number of piperazine rings is 1. The number of rotatable bonds is 4. The molecule has 0 unspecified atom stereocenters. The Hall–Kier alpha value is -1.30. The van der Waals surface area contributed by atoms with Crippen molar-refractivity contribution in [3.63, 3.8) is 0 Å². The van der Waals surface area contributed by atoms with Crippen molar-refractivity contribution in [2.24, 2.45) is 0 Å². The Bertz CT molecular complexity index is 610. The molecule has 0 atom stereocenters. The smallest absolute Gasteiger partial charge is 0.123 e. The maximum atomic E-state index is 12.9. The van der Waals surface area contributed by atoms with Gasteiger partial charge in [-0.15, -0.1) is 0 Å². The highest BCUT2D eigenvalue weighted by Gasteiger charge is 2.17. The summed E-state index contributed by atoms with van der Waals surface area (Å²) in [5.74, 6) is -0.170. The van der Waals surface area contributed by atoms with E-state index in [1.807, 2.05) is 24.5 Å². The topological polar surface area (TPSA) is 19.4 Å².